The lowest BCUT2D eigenvalue weighted by Crippen LogP contribution is -2.28. The van der Waals surface area contributed by atoms with Crippen LogP contribution in [0.1, 0.15) is 43.2 Å². The van der Waals surface area contributed by atoms with Crippen LogP contribution in [0.3, 0.4) is 0 Å². The zero-order valence-electron chi connectivity index (χ0n) is 19.4. The quantitative estimate of drug-likeness (QED) is 0.378. The molecule has 0 atom stereocenters. The van der Waals surface area contributed by atoms with Gasteiger partial charge in [-0.15, -0.1) is 0 Å². The van der Waals surface area contributed by atoms with Crippen LogP contribution in [0.15, 0.2) is 58.4 Å². The summed E-state index contributed by atoms with van der Waals surface area (Å²) in [5, 5.41) is 3.50. The Morgan fingerprint density at radius 2 is 1.91 bits per heavy atom. The maximum atomic E-state index is 13.5. The molecule has 7 nitrogen and oxygen atoms in total. The summed E-state index contributed by atoms with van der Waals surface area (Å²) < 4.78 is 7.18. The van der Waals surface area contributed by atoms with E-state index in [1.165, 1.54) is 22.6 Å². The molecule has 1 N–H and O–H groups in total. The number of hydrogen-bond donors (Lipinski definition) is 1. The largest absolute Gasteiger partial charge is 0.497 e. The molecular formula is C26H26N4O3S2. The fraction of sp³-hybridized carbons (Fsp3) is 0.308. The van der Waals surface area contributed by atoms with Crippen LogP contribution in [-0.2, 0) is 11.3 Å². The monoisotopic (exact) mass is 506 g/mol. The summed E-state index contributed by atoms with van der Waals surface area (Å²) in [4.78, 5) is 33.5. The lowest BCUT2D eigenvalue weighted by Gasteiger charge is -2.24. The van der Waals surface area contributed by atoms with Crippen LogP contribution < -0.4 is 15.6 Å². The number of hydrogen-bond acceptors (Lipinski definition) is 7. The molecule has 180 valence electrons. The topological polar surface area (TPSA) is 75.9 Å². The van der Waals surface area contributed by atoms with Crippen molar-refractivity contribution < 1.29 is 9.53 Å². The number of thioether (sulfide) groups is 1. The van der Waals surface area contributed by atoms with E-state index >= 15 is 0 Å². The Hall–Kier alpha value is -3.17. The highest BCUT2D eigenvalue weighted by atomic mass is 32.2. The summed E-state index contributed by atoms with van der Waals surface area (Å²) in [5.41, 5.74) is 1.68. The highest BCUT2D eigenvalue weighted by molar-refractivity contribution is 8.26. The summed E-state index contributed by atoms with van der Waals surface area (Å²) in [7, 11) is 1.61. The number of rotatable bonds is 6. The second kappa shape index (κ2) is 10.2. The highest BCUT2D eigenvalue weighted by Crippen LogP contribution is 2.34. The predicted octanol–water partition coefficient (Wildman–Crippen LogP) is 4.85. The van der Waals surface area contributed by atoms with Crippen LogP contribution in [0.4, 0.5) is 5.82 Å². The second-order valence-electron chi connectivity index (χ2n) is 8.70. The predicted molar refractivity (Wildman–Crippen MR) is 144 cm³/mol. The minimum absolute atomic E-state index is 0.211. The van der Waals surface area contributed by atoms with E-state index < -0.39 is 0 Å². The van der Waals surface area contributed by atoms with Gasteiger partial charge in [0.15, 0.2) is 0 Å². The number of nitrogens with zero attached hydrogens (tertiary/aromatic N) is 3. The van der Waals surface area contributed by atoms with Gasteiger partial charge in [-0.3, -0.25) is 18.9 Å². The maximum Gasteiger partial charge on any atom is 0.267 e. The standard InChI is InChI=1S/C26H26N4O3S2/c1-33-19-12-10-17(11-13-19)16-30-25(32)21(35-26(30)34)15-20-23(27-18-7-3-2-4-8-18)28-22-9-5-6-14-29(22)24(20)31/h5-6,9-15,18,27H,2-4,7-8,16H2,1H3. The van der Waals surface area contributed by atoms with Crippen molar-refractivity contribution in [2.75, 3.05) is 12.4 Å². The van der Waals surface area contributed by atoms with Crippen LogP contribution in [0.25, 0.3) is 11.7 Å². The summed E-state index contributed by atoms with van der Waals surface area (Å²) in [6.07, 6.45) is 8.97. The van der Waals surface area contributed by atoms with Crippen LogP contribution in [-0.4, -0.2) is 37.7 Å². The van der Waals surface area contributed by atoms with E-state index in [1.807, 2.05) is 36.4 Å². The van der Waals surface area contributed by atoms with Crippen LogP contribution in [0.2, 0.25) is 0 Å². The number of methoxy groups -OCH3 is 1. The molecule has 35 heavy (non-hydrogen) atoms. The number of pyridine rings is 1. The van der Waals surface area contributed by atoms with Crippen molar-refractivity contribution in [2.45, 2.75) is 44.7 Å². The molecule has 1 aliphatic heterocycles. The van der Waals surface area contributed by atoms with Crippen molar-refractivity contribution >= 4 is 51.7 Å². The number of anilines is 1. The highest BCUT2D eigenvalue weighted by Gasteiger charge is 2.33. The molecule has 0 bridgehead atoms. The third-order valence-corrected chi connectivity index (χ3v) is 7.74. The van der Waals surface area contributed by atoms with Gasteiger partial charge in [0.05, 0.1) is 24.1 Å². The average molecular weight is 507 g/mol. The Morgan fingerprint density at radius 3 is 2.66 bits per heavy atom. The molecule has 2 aliphatic rings. The maximum absolute atomic E-state index is 13.5. The molecule has 1 saturated heterocycles. The van der Waals surface area contributed by atoms with E-state index in [0.717, 1.165) is 37.0 Å². The van der Waals surface area contributed by atoms with Crippen molar-refractivity contribution in [3.05, 3.63) is 75.0 Å². The zero-order valence-corrected chi connectivity index (χ0v) is 21.0. The number of ether oxygens (including phenoxy) is 1. The van der Waals surface area contributed by atoms with Crippen molar-refractivity contribution in [1.82, 2.24) is 14.3 Å². The van der Waals surface area contributed by atoms with Gasteiger partial charge in [-0.05, 0) is 48.7 Å². The molecule has 3 aromatic rings. The Balaban J connectivity index is 1.48. The third-order valence-electron chi connectivity index (χ3n) is 6.36. The Bertz CT molecular complexity index is 1360. The van der Waals surface area contributed by atoms with E-state index in [0.29, 0.717) is 32.8 Å². The molecule has 0 radical (unpaired) electrons. The van der Waals surface area contributed by atoms with Crippen molar-refractivity contribution in [2.24, 2.45) is 0 Å². The number of fused-ring (bicyclic) bond motifs is 1. The Labute approximate surface area is 213 Å². The van der Waals surface area contributed by atoms with Gasteiger partial charge in [-0.25, -0.2) is 4.98 Å². The summed E-state index contributed by atoms with van der Waals surface area (Å²) in [6.45, 7) is 0.355. The van der Waals surface area contributed by atoms with Crippen LogP contribution in [0.5, 0.6) is 5.75 Å². The number of benzene rings is 1. The molecule has 5 rings (SSSR count). The lowest BCUT2D eigenvalue weighted by molar-refractivity contribution is -0.122. The SMILES string of the molecule is COc1ccc(CN2C(=O)C(=Cc3c(NC4CCCCC4)nc4ccccn4c3=O)SC2=S)cc1. The third kappa shape index (κ3) is 4.97. The fourth-order valence-electron chi connectivity index (χ4n) is 4.46. The number of aromatic nitrogens is 2. The molecule has 1 aromatic carbocycles. The van der Waals surface area contributed by atoms with Gasteiger partial charge < -0.3 is 10.1 Å². The summed E-state index contributed by atoms with van der Waals surface area (Å²) in [6, 6.07) is 13.3. The molecule has 2 aromatic heterocycles. The molecule has 1 amide bonds. The minimum atomic E-state index is -0.214. The molecule has 2 fully saturated rings. The van der Waals surface area contributed by atoms with Gasteiger partial charge in [0.2, 0.25) is 0 Å². The molecule has 1 saturated carbocycles. The van der Waals surface area contributed by atoms with Gasteiger partial charge >= 0.3 is 0 Å². The number of carbonyl (C=O) groups excluding carboxylic acids is 1. The molecular weight excluding hydrogens is 480 g/mol. The van der Waals surface area contributed by atoms with Crippen LogP contribution in [0, 0.1) is 0 Å². The molecule has 1 aliphatic carbocycles. The normalized spacial score (nSPS) is 18.0. The van der Waals surface area contributed by atoms with E-state index in [-0.39, 0.29) is 17.5 Å². The Morgan fingerprint density at radius 1 is 1.14 bits per heavy atom. The molecule has 3 heterocycles. The molecule has 0 spiro atoms. The average Bonchev–Trinajstić information content (AvgIpc) is 3.14. The summed E-state index contributed by atoms with van der Waals surface area (Å²) in [5.74, 6) is 1.06. The first-order chi connectivity index (χ1) is 17.0. The van der Waals surface area contributed by atoms with Crippen molar-refractivity contribution in [3.63, 3.8) is 0 Å². The van der Waals surface area contributed by atoms with E-state index in [4.69, 9.17) is 21.9 Å². The van der Waals surface area contributed by atoms with Crippen molar-refractivity contribution in [3.8, 4) is 5.75 Å². The zero-order chi connectivity index (χ0) is 24.4. The smallest absolute Gasteiger partial charge is 0.267 e. The fourth-order valence-corrected chi connectivity index (χ4v) is 5.70. The Kier molecular flexibility index (Phi) is 6.88. The first-order valence-electron chi connectivity index (χ1n) is 11.7. The van der Waals surface area contributed by atoms with Gasteiger partial charge in [-0.1, -0.05) is 61.4 Å². The number of nitrogens with one attached hydrogen (secondary N) is 1. The number of amides is 1. The second-order valence-corrected chi connectivity index (χ2v) is 10.4. The minimum Gasteiger partial charge on any atom is -0.497 e. The molecule has 0 unspecified atom stereocenters. The van der Waals surface area contributed by atoms with Gasteiger partial charge in [-0.2, -0.15) is 0 Å². The van der Waals surface area contributed by atoms with Gasteiger partial charge in [0.25, 0.3) is 11.5 Å². The van der Waals surface area contributed by atoms with Gasteiger partial charge in [0.1, 0.15) is 21.5 Å². The first-order valence-corrected chi connectivity index (χ1v) is 12.9. The van der Waals surface area contributed by atoms with Gasteiger partial charge in [0, 0.05) is 12.2 Å². The van der Waals surface area contributed by atoms with E-state index in [2.05, 4.69) is 5.32 Å². The first kappa shape index (κ1) is 23.6. The van der Waals surface area contributed by atoms with E-state index in [9.17, 15) is 9.59 Å². The number of carbonyl (C=O) groups is 1. The van der Waals surface area contributed by atoms with E-state index in [1.54, 1.807) is 30.3 Å². The molecule has 9 heteroatoms. The van der Waals surface area contributed by atoms with Crippen LogP contribution >= 0.6 is 24.0 Å². The lowest BCUT2D eigenvalue weighted by atomic mass is 9.95. The van der Waals surface area contributed by atoms with Crippen molar-refractivity contribution in [1.29, 1.82) is 0 Å². The summed E-state index contributed by atoms with van der Waals surface area (Å²) >= 11 is 6.73. The number of thiocarbonyl (C=S) groups is 1.